The van der Waals surface area contributed by atoms with Crippen LogP contribution in [0.1, 0.15) is 75.5 Å². The third-order valence-electron chi connectivity index (χ3n) is 3.88. The number of aliphatic hydroxyl groups excluding tert-OH is 1. The largest absolute Gasteiger partial charge is 0.496 e. The zero-order valence-electron chi connectivity index (χ0n) is 13.3. The lowest BCUT2D eigenvalue weighted by Gasteiger charge is -2.13. The predicted octanol–water partition coefficient (Wildman–Crippen LogP) is 5.18. The lowest BCUT2D eigenvalue weighted by molar-refractivity contribution is 0.163. The molecule has 0 bridgehead atoms. The van der Waals surface area contributed by atoms with Gasteiger partial charge < -0.3 is 9.84 Å². The smallest absolute Gasteiger partial charge is 0.121 e. The third kappa shape index (κ3) is 5.96. The van der Waals surface area contributed by atoms with E-state index < -0.39 is 0 Å². The van der Waals surface area contributed by atoms with Crippen molar-refractivity contribution in [2.24, 2.45) is 0 Å². The number of rotatable bonds is 10. The zero-order chi connectivity index (χ0) is 14.8. The summed E-state index contributed by atoms with van der Waals surface area (Å²) in [6.45, 7) is 4.26. The molecule has 0 radical (unpaired) electrons. The van der Waals surface area contributed by atoms with E-state index in [-0.39, 0.29) is 6.10 Å². The minimum Gasteiger partial charge on any atom is -0.496 e. The number of hydrogen-bond donors (Lipinski definition) is 1. The van der Waals surface area contributed by atoms with Crippen LogP contribution in [-0.2, 0) is 0 Å². The number of ether oxygens (including phenoxy) is 1. The fourth-order valence-electron chi connectivity index (χ4n) is 2.57. The highest BCUT2D eigenvalue weighted by molar-refractivity contribution is 5.36. The summed E-state index contributed by atoms with van der Waals surface area (Å²) in [5.74, 6) is 0.886. The van der Waals surface area contributed by atoms with Crippen molar-refractivity contribution in [2.75, 3.05) is 7.11 Å². The van der Waals surface area contributed by atoms with Crippen molar-refractivity contribution in [1.82, 2.24) is 0 Å². The summed E-state index contributed by atoms with van der Waals surface area (Å²) in [4.78, 5) is 0. The number of unbranched alkanes of at least 4 members (excludes halogenated alkanes) is 6. The molecular formula is C18H30O2. The molecule has 0 spiro atoms. The molecule has 0 saturated carbocycles. The van der Waals surface area contributed by atoms with E-state index in [0.29, 0.717) is 0 Å². The van der Waals surface area contributed by atoms with E-state index in [9.17, 15) is 5.11 Å². The standard InChI is InChI=1S/C18H30O2/c1-4-5-6-7-8-9-10-11-17(19)16-12-13-18(20-3)15(2)14-16/h12-14,17,19H,4-11H2,1-3H3. The lowest BCUT2D eigenvalue weighted by Crippen LogP contribution is -1.99. The van der Waals surface area contributed by atoms with Crippen LogP contribution < -0.4 is 4.74 Å². The average Bonchev–Trinajstić information content (AvgIpc) is 2.46. The van der Waals surface area contributed by atoms with Gasteiger partial charge in [0.2, 0.25) is 0 Å². The van der Waals surface area contributed by atoms with E-state index in [1.807, 2.05) is 25.1 Å². The van der Waals surface area contributed by atoms with E-state index in [2.05, 4.69) is 6.92 Å². The van der Waals surface area contributed by atoms with Crippen LogP contribution in [0.5, 0.6) is 5.75 Å². The molecule has 0 aliphatic heterocycles. The van der Waals surface area contributed by atoms with Gasteiger partial charge >= 0.3 is 0 Å². The highest BCUT2D eigenvalue weighted by atomic mass is 16.5. The van der Waals surface area contributed by atoms with Gasteiger partial charge in [0.15, 0.2) is 0 Å². The topological polar surface area (TPSA) is 29.5 Å². The Labute approximate surface area is 124 Å². The Hall–Kier alpha value is -1.02. The third-order valence-corrected chi connectivity index (χ3v) is 3.88. The molecule has 1 rings (SSSR count). The maximum Gasteiger partial charge on any atom is 0.121 e. The Kier molecular flexibility index (Phi) is 8.36. The number of benzene rings is 1. The molecule has 114 valence electrons. The number of hydrogen-bond acceptors (Lipinski definition) is 2. The summed E-state index contributed by atoms with van der Waals surface area (Å²) < 4.78 is 5.24. The Morgan fingerprint density at radius 3 is 2.30 bits per heavy atom. The second-order valence-corrected chi connectivity index (χ2v) is 5.65. The van der Waals surface area contributed by atoms with E-state index in [1.165, 1.54) is 38.5 Å². The van der Waals surface area contributed by atoms with Crippen LogP contribution in [0.25, 0.3) is 0 Å². The molecule has 0 heterocycles. The summed E-state index contributed by atoms with van der Waals surface area (Å²) in [5, 5.41) is 10.2. The van der Waals surface area contributed by atoms with Crippen molar-refractivity contribution in [3.63, 3.8) is 0 Å². The molecule has 2 nitrogen and oxygen atoms in total. The van der Waals surface area contributed by atoms with E-state index in [1.54, 1.807) is 7.11 Å². The first-order valence-electron chi connectivity index (χ1n) is 8.01. The highest BCUT2D eigenvalue weighted by Crippen LogP contribution is 2.25. The van der Waals surface area contributed by atoms with Gasteiger partial charge in [0.1, 0.15) is 5.75 Å². The predicted molar refractivity (Wildman–Crippen MR) is 85.3 cm³/mol. The summed E-state index contributed by atoms with van der Waals surface area (Å²) >= 11 is 0. The van der Waals surface area contributed by atoms with Crippen molar-refractivity contribution in [3.8, 4) is 5.75 Å². The van der Waals surface area contributed by atoms with Gasteiger partial charge in [-0.2, -0.15) is 0 Å². The second kappa shape index (κ2) is 9.82. The van der Waals surface area contributed by atoms with Gasteiger partial charge in [0, 0.05) is 0 Å². The number of aliphatic hydroxyl groups is 1. The lowest BCUT2D eigenvalue weighted by atomic mass is 10.00. The summed E-state index contributed by atoms with van der Waals surface area (Å²) in [5.41, 5.74) is 2.10. The maximum absolute atomic E-state index is 10.2. The van der Waals surface area contributed by atoms with Crippen LogP contribution in [0.4, 0.5) is 0 Å². The first-order valence-corrected chi connectivity index (χ1v) is 8.01. The van der Waals surface area contributed by atoms with Crippen LogP contribution in [0.3, 0.4) is 0 Å². The molecule has 2 heteroatoms. The fourth-order valence-corrected chi connectivity index (χ4v) is 2.57. The minimum absolute atomic E-state index is 0.338. The monoisotopic (exact) mass is 278 g/mol. The van der Waals surface area contributed by atoms with Crippen LogP contribution in [0.2, 0.25) is 0 Å². The van der Waals surface area contributed by atoms with Crippen LogP contribution in [0.15, 0.2) is 18.2 Å². The van der Waals surface area contributed by atoms with Gasteiger partial charge in [-0.1, -0.05) is 57.9 Å². The second-order valence-electron chi connectivity index (χ2n) is 5.65. The summed E-state index contributed by atoms with van der Waals surface area (Å²) in [6.07, 6.45) is 9.52. The SMILES string of the molecule is CCCCCCCCCC(O)c1ccc(OC)c(C)c1. The van der Waals surface area contributed by atoms with Gasteiger partial charge in [0.05, 0.1) is 13.2 Å². The molecule has 0 saturated heterocycles. The molecule has 1 N–H and O–H groups in total. The van der Waals surface area contributed by atoms with Gasteiger partial charge in [-0.05, 0) is 36.6 Å². The molecule has 1 atom stereocenters. The Morgan fingerprint density at radius 2 is 1.70 bits per heavy atom. The van der Waals surface area contributed by atoms with Gasteiger partial charge in [-0.25, -0.2) is 0 Å². The Balaban J connectivity index is 2.25. The molecule has 0 amide bonds. The van der Waals surface area contributed by atoms with Gasteiger partial charge in [-0.3, -0.25) is 0 Å². The molecule has 1 unspecified atom stereocenters. The van der Waals surface area contributed by atoms with Gasteiger partial charge in [0.25, 0.3) is 0 Å². The molecule has 20 heavy (non-hydrogen) atoms. The normalized spacial score (nSPS) is 12.4. The zero-order valence-corrected chi connectivity index (χ0v) is 13.3. The van der Waals surface area contributed by atoms with Crippen molar-refractivity contribution >= 4 is 0 Å². The first kappa shape index (κ1) is 17.0. The van der Waals surface area contributed by atoms with Crippen molar-refractivity contribution in [1.29, 1.82) is 0 Å². The Morgan fingerprint density at radius 1 is 1.05 bits per heavy atom. The average molecular weight is 278 g/mol. The molecule has 0 aliphatic carbocycles. The number of aryl methyl sites for hydroxylation is 1. The van der Waals surface area contributed by atoms with E-state index in [4.69, 9.17) is 4.74 Å². The van der Waals surface area contributed by atoms with E-state index >= 15 is 0 Å². The molecule has 0 aliphatic rings. The quantitative estimate of drug-likeness (QED) is 0.598. The molecule has 0 aromatic heterocycles. The maximum atomic E-state index is 10.2. The van der Waals surface area contributed by atoms with Crippen molar-refractivity contribution in [2.45, 2.75) is 71.3 Å². The van der Waals surface area contributed by atoms with Crippen molar-refractivity contribution in [3.05, 3.63) is 29.3 Å². The van der Waals surface area contributed by atoms with Crippen LogP contribution in [0, 0.1) is 6.92 Å². The Bertz CT molecular complexity index is 374. The highest BCUT2D eigenvalue weighted by Gasteiger charge is 2.09. The molecule has 1 aromatic carbocycles. The summed E-state index contributed by atoms with van der Waals surface area (Å²) in [7, 11) is 1.68. The van der Waals surface area contributed by atoms with Crippen LogP contribution in [-0.4, -0.2) is 12.2 Å². The first-order chi connectivity index (χ1) is 9.69. The molecule has 1 aromatic rings. The van der Waals surface area contributed by atoms with E-state index in [0.717, 1.165) is 29.7 Å². The molecular weight excluding hydrogens is 248 g/mol. The fraction of sp³-hybridized carbons (Fsp3) is 0.667. The van der Waals surface area contributed by atoms with Crippen molar-refractivity contribution < 1.29 is 9.84 Å². The van der Waals surface area contributed by atoms with Gasteiger partial charge in [-0.15, -0.1) is 0 Å². The molecule has 0 fully saturated rings. The summed E-state index contributed by atoms with van der Waals surface area (Å²) in [6, 6.07) is 5.95. The minimum atomic E-state index is -0.338. The van der Waals surface area contributed by atoms with Crippen LogP contribution >= 0.6 is 0 Å². The number of methoxy groups -OCH3 is 1.